The molecular formula is C25H30ClN3OS. The number of rotatable bonds is 7. The number of benzene rings is 3. The predicted molar refractivity (Wildman–Crippen MR) is 133 cm³/mol. The summed E-state index contributed by atoms with van der Waals surface area (Å²) < 4.78 is 0. The van der Waals surface area contributed by atoms with E-state index in [4.69, 9.17) is 5.73 Å². The monoisotopic (exact) mass is 455 g/mol. The van der Waals surface area contributed by atoms with E-state index in [2.05, 4.69) is 84.7 Å². The van der Waals surface area contributed by atoms with Crippen LogP contribution < -0.4 is 11.1 Å². The lowest BCUT2D eigenvalue weighted by atomic mass is 10.0. The van der Waals surface area contributed by atoms with Crippen LogP contribution in [0.3, 0.4) is 0 Å². The molecule has 0 bridgehead atoms. The third-order valence-electron chi connectivity index (χ3n) is 5.05. The smallest absolute Gasteiger partial charge is 0.178 e. The van der Waals surface area contributed by atoms with Gasteiger partial charge < -0.3 is 16.2 Å². The zero-order valence-corrected chi connectivity index (χ0v) is 19.5. The molecule has 0 saturated heterocycles. The van der Waals surface area contributed by atoms with Crippen molar-refractivity contribution in [3.8, 4) is 11.1 Å². The van der Waals surface area contributed by atoms with Gasteiger partial charge in [0.2, 0.25) is 0 Å². The lowest BCUT2D eigenvalue weighted by Crippen LogP contribution is -2.44. The number of aliphatic hydroxyl groups is 1. The van der Waals surface area contributed by atoms with Gasteiger partial charge in [-0.15, -0.1) is 12.4 Å². The SMILES string of the molecule is CC(C)(N)CN(Cc1ccccc1)Cc1cccc(-c2ccc3c(c2)SC(O)N3)c1.Cl. The molecule has 1 aliphatic rings. The highest BCUT2D eigenvalue weighted by Gasteiger charge is 2.20. The van der Waals surface area contributed by atoms with Crippen LogP contribution in [-0.4, -0.2) is 27.7 Å². The van der Waals surface area contributed by atoms with Gasteiger partial charge in [-0.2, -0.15) is 0 Å². The number of nitrogens with one attached hydrogen (secondary N) is 1. The maximum Gasteiger partial charge on any atom is 0.178 e. The first-order valence-corrected chi connectivity index (χ1v) is 11.1. The zero-order valence-electron chi connectivity index (χ0n) is 17.9. The standard InChI is InChI=1S/C25H29N3OS.ClH/c1-25(2,26)17-28(15-18-7-4-3-5-8-18)16-19-9-6-10-20(13-19)21-11-12-22-23(14-21)30-24(29)27-22;/h3-14,24,27,29H,15-17,26H2,1-2H3;1H. The van der Waals surface area contributed by atoms with Crippen LogP contribution in [0.5, 0.6) is 0 Å². The lowest BCUT2D eigenvalue weighted by Gasteiger charge is -2.30. The fourth-order valence-electron chi connectivity index (χ4n) is 3.89. The van der Waals surface area contributed by atoms with E-state index in [1.807, 2.05) is 12.1 Å². The van der Waals surface area contributed by atoms with Crippen LogP contribution in [-0.2, 0) is 13.1 Å². The Balaban J connectivity index is 0.00000272. The topological polar surface area (TPSA) is 61.5 Å². The highest BCUT2D eigenvalue weighted by atomic mass is 35.5. The van der Waals surface area contributed by atoms with Gasteiger partial charge in [-0.3, -0.25) is 4.90 Å². The van der Waals surface area contributed by atoms with Crippen molar-refractivity contribution in [1.82, 2.24) is 4.90 Å². The first-order chi connectivity index (χ1) is 14.4. The minimum absolute atomic E-state index is 0. The number of hydrogen-bond donors (Lipinski definition) is 3. The fraction of sp³-hybridized carbons (Fsp3) is 0.280. The van der Waals surface area contributed by atoms with E-state index < -0.39 is 5.56 Å². The molecule has 1 unspecified atom stereocenters. The van der Waals surface area contributed by atoms with Crippen LogP contribution in [0.25, 0.3) is 11.1 Å². The molecule has 4 nitrogen and oxygen atoms in total. The highest BCUT2D eigenvalue weighted by molar-refractivity contribution is 8.00. The molecule has 3 aromatic carbocycles. The molecule has 1 heterocycles. The number of anilines is 1. The Morgan fingerprint density at radius 2 is 1.61 bits per heavy atom. The first kappa shape index (κ1) is 23.6. The number of nitrogens with zero attached hydrogens (tertiary/aromatic N) is 1. The third-order valence-corrected chi connectivity index (χ3v) is 5.98. The normalized spacial score (nSPS) is 15.3. The summed E-state index contributed by atoms with van der Waals surface area (Å²) in [6, 6.07) is 25.5. The van der Waals surface area contributed by atoms with Crippen molar-refractivity contribution in [2.24, 2.45) is 5.73 Å². The second-order valence-corrected chi connectivity index (χ2v) is 9.77. The maximum atomic E-state index is 9.81. The van der Waals surface area contributed by atoms with Gasteiger partial charge in [0.15, 0.2) is 5.56 Å². The van der Waals surface area contributed by atoms with Crippen molar-refractivity contribution >= 4 is 29.9 Å². The van der Waals surface area contributed by atoms with Crippen LogP contribution in [0.1, 0.15) is 25.0 Å². The largest absolute Gasteiger partial charge is 0.364 e. The van der Waals surface area contributed by atoms with E-state index in [0.29, 0.717) is 0 Å². The molecule has 0 aliphatic carbocycles. The minimum atomic E-state index is -0.562. The van der Waals surface area contributed by atoms with E-state index in [1.165, 1.54) is 28.5 Å². The Morgan fingerprint density at radius 1 is 0.935 bits per heavy atom. The Kier molecular flexibility index (Phi) is 7.68. The van der Waals surface area contributed by atoms with Gasteiger partial charge in [0.1, 0.15) is 0 Å². The molecule has 4 N–H and O–H groups in total. The number of halogens is 1. The quantitative estimate of drug-likeness (QED) is 0.450. The first-order valence-electron chi connectivity index (χ1n) is 10.3. The molecule has 0 fully saturated rings. The second-order valence-electron chi connectivity index (χ2n) is 8.65. The van der Waals surface area contributed by atoms with E-state index in [9.17, 15) is 5.11 Å². The number of fused-ring (bicyclic) bond motifs is 1. The molecule has 6 heteroatoms. The maximum absolute atomic E-state index is 9.81. The Labute approximate surface area is 195 Å². The average molecular weight is 456 g/mol. The zero-order chi connectivity index (χ0) is 21.1. The van der Waals surface area contributed by atoms with E-state index in [-0.39, 0.29) is 17.9 Å². The minimum Gasteiger partial charge on any atom is -0.364 e. The van der Waals surface area contributed by atoms with Crippen LogP contribution >= 0.6 is 24.2 Å². The summed E-state index contributed by atoms with van der Waals surface area (Å²) in [6.07, 6.45) is 0. The van der Waals surface area contributed by atoms with Crippen molar-refractivity contribution in [3.63, 3.8) is 0 Å². The molecule has 31 heavy (non-hydrogen) atoms. The molecule has 3 aromatic rings. The lowest BCUT2D eigenvalue weighted by molar-refractivity contribution is 0.210. The molecule has 164 valence electrons. The summed E-state index contributed by atoms with van der Waals surface area (Å²) in [6.45, 7) is 6.66. The van der Waals surface area contributed by atoms with Gasteiger partial charge in [0.05, 0.1) is 5.69 Å². The van der Waals surface area contributed by atoms with Crippen molar-refractivity contribution in [2.75, 3.05) is 11.9 Å². The van der Waals surface area contributed by atoms with Crippen LogP contribution in [0.15, 0.2) is 77.7 Å². The van der Waals surface area contributed by atoms with E-state index in [1.54, 1.807) is 0 Å². The van der Waals surface area contributed by atoms with Crippen molar-refractivity contribution in [3.05, 3.63) is 83.9 Å². The summed E-state index contributed by atoms with van der Waals surface area (Å²) in [5, 5.41) is 12.9. The highest BCUT2D eigenvalue weighted by Crippen LogP contribution is 2.39. The molecule has 0 amide bonds. The summed E-state index contributed by atoms with van der Waals surface area (Å²) in [5.74, 6) is 0. The average Bonchev–Trinajstić information content (AvgIpc) is 3.07. The number of hydrogen-bond acceptors (Lipinski definition) is 5. The van der Waals surface area contributed by atoms with Gasteiger partial charge in [-0.1, -0.05) is 66.4 Å². The molecule has 0 radical (unpaired) electrons. The molecule has 0 aromatic heterocycles. The van der Waals surface area contributed by atoms with Crippen molar-refractivity contribution in [2.45, 2.75) is 42.9 Å². The fourth-order valence-corrected chi connectivity index (χ4v) is 4.77. The van der Waals surface area contributed by atoms with Gasteiger partial charge in [0.25, 0.3) is 0 Å². The molecule has 1 aliphatic heterocycles. The number of thioether (sulfide) groups is 1. The third kappa shape index (κ3) is 6.48. The van der Waals surface area contributed by atoms with Gasteiger partial charge >= 0.3 is 0 Å². The summed E-state index contributed by atoms with van der Waals surface area (Å²) in [4.78, 5) is 3.49. The Hall–Kier alpha value is -2.02. The second kappa shape index (κ2) is 10.1. The molecular weight excluding hydrogens is 426 g/mol. The van der Waals surface area contributed by atoms with E-state index in [0.717, 1.165) is 35.8 Å². The summed E-state index contributed by atoms with van der Waals surface area (Å²) >= 11 is 1.44. The Bertz CT molecular complexity index is 1010. The molecule has 1 atom stereocenters. The summed E-state index contributed by atoms with van der Waals surface area (Å²) in [5.41, 5.74) is 11.4. The molecule has 4 rings (SSSR count). The van der Waals surface area contributed by atoms with Crippen LogP contribution in [0, 0.1) is 0 Å². The van der Waals surface area contributed by atoms with Crippen molar-refractivity contribution < 1.29 is 5.11 Å². The van der Waals surface area contributed by atoms with Gasteiger partial charge in [0, 0.05) is 30.1 Å². The number of nitrogens with two attached hydrogens (primary N) is 1. The molecule has 0 spiro atoms. The van der Waals surface area contributed by atoms with Crippen LogP contribution in [0.2, 0.25) is 0 Å². The predicted octanol–water partition coefficient (Wildman–Crippen LogP) is 5.31. The summed E-state index contributed by atoms with van der Waals surface area (Å²) in [7, 11) is 0. The van der Waals surface area contributed by atoms with Crippen molar-refractivity contribution in [1.29, 1.82) is 0 Å². The Morgan fingerprint density at radius 3 is 2.35 bits per heavy atom. The molecule has 0 saturated carbocycles. The van der Waals surface area contributed by atoms with E-state index >= 15 is 0 Å². The van der Waals surface area contributed by atoms with Gasteiger partial charge in [-0.05, 0) is 54.3 Å². The van der Waals surface area contributed by atoms with Crippen LogP contribution in [0.4, 0.5) is 5.69 Å². The van der Waals surface area contributed by atoms with Gasteiger partial charge in [-0.25, -0.2) is 0 Å². The number of aliphatic hydroxyl groups excluding tert-OH is 1.